The molecular weight excluding hydrogens is 254 g/mol. The molecule has 5 nitrogen and oxygen atoms in total. The molecule has 1 aliphatic heterocycles. The van der Waals surface area contributed by atoms with Gasteiger partial charge in [-0.05, 0) is 24.5 Å². The predicted octanol–water partition coefficient (Wildman–Crippen LogP) is 2.05. The Kier molecular flexibility index (Phi) is 3.96. The van der Waals surface area contributed by atoms with Crippen molar-refractivity contribution in [2.45, 2.75) is 32.3 Å². The van der Waals surface area contributed by atoms with Gasteiger partial charge in [0.05, 0.1) is 25.6 Å². The highest BCUT2D eigenvalue weighted by Crippen LogP contribution is 2.26. The summed E-state index contributed by atoms with van der Waals surface area (Å²) in [5.74, 6) is 0. The Balaban J connectivity index is 2.02. The molecule has 0 atom stereocenters. The summed E-state index contributed by atoms with van der Waals surface area (Å²) in [6.07, 6.45) is 0.900. The van der Waals surface area contributed by atoms with Crippen LogP contribution >= 0.6 is 0 Å². The summed E-state index contributed by atoms with van der Waals surface area (Å²) in [4.78, 5) is 13.6. The number of aryl methyl sites for hydroxylation is 2. The number of nitrogens with zero attached hydrogens (tertiary/aromatic N) is 2. The lowest BCUT2D eigenvalue weighted by molar-refractivity contribution is -0.0693. The van der Waals surface area contributed by atoms with Crippen LogP contribution in [0.1, 0.15) is 24.5 Å². The average molecular weight is 273 g/mol. The molecule has 1 aliphatic rings. The fourth-order valence-electron chi connectivity index (χ4n) is 2.45. The summed E-state index contributed by atoms with van der Waals surface area (Å²) in [5.41, 5.74) is 1.91. The summed E-state index contributed by atoms with van der Waals surface area (Å²) < 4.78 is 0. The highest BCUT2D eigenvalue weighted by atomic mass is 16.3. The largest absolute Gasteiger partial charge is 0.385 e. The van der Waals surface area contributed by atoms with Gasteiger partial charge in [0.25, 0.3) is 0 Å². The van der Waals surface area contributed by atoms with Gasteiger partial charge in [-0.1, -0.05) is 25.1 Å². The smallest absolute Gasteiger partial charge is 0.322 e. The molecule has 2 amide bonds. The van der Waals surface area contributed by atoms with Crippen LogP contribution in [-0.2, 0) is 6.42 Å². The van der Waals surface area contributed by atoms with Crippen LogP contribution in [0.15, 0.2) is 18.2 Å². The zero-order chi connectivity index (χ0) is 14.8. The van der Waals surface area contributed by atoms with Crippen molar-refractivity contribution in [3.8, 4) is 6.07 Å². The van der Waals surface area contributed by atoms with Crippen molar-refractivity contribution >= 4 is 11.7 Å². The topological polar surface area (TPSA) is 76.4 Å². The summed E-state index contributed by atoms with van der Waals surface area (Å²) in [6, 6.07) is 7.63. The Bertz CT molecular complexity index is 557. The van der Waals surface area contributed by atoms with E-state index in [1.165, 1.54) is 4.90 Å². The molecular formula is C15H19N3O2. The number of benzene rings is 1. The van der Waals surface area contributed by atoms with E-state index in [0.717, 1.165) is 23.2 Å². The number of amides is 2. The molecule has 106 valence electrons. The minimum Gasteiger partial charge on any atom is -0.385 e. The van der Waals surface area contributed by atoms with E-state index in [9.17, 15) is 9.90 Å². The van der Waals surface area contributed by atoms with Crippen LogP contribution in [0.3, 0.4) is 0 Å². The minimum atomic E-state index is -1.04. The van der Waals surface area contributed by atoms with Crippen LogP contribution < -0.4 is 5.32 Å². The fraction of sp³-hybridized carbons (Fsp3) is 0.467. The average Bonchev–Trinajstić information content (AvgIpc) is 2.38. The fourth-order valence-corrected chi connectivity index (χ4v) is 2.45. The first-order chi connectivity index (χ1) is 9.49. The molecule has 1 aromatic rings. The second kappa shape index (κ2) is 5.51. The van der Waals surface area contributed by atoms with Gasteiger partial charge in [0, 0.05) is 5.69 Å². The molecule has 1 heterocycles. The predicted molar refractivity (Wildman–Crippen MR) is 76.3 cm³/mol. The number of urea groups is 1. The van der Waals surface area contributed by atoms with E-state index in [-0.39, 0.29) is 25.5 Å². The van der Waals surface area contributed by atoms with Crippen molar-refractivity contribution in [2.75, 3.05) is 18.4 Å². The van der Waals surface area contributed by atoms with Crippen LogP contribution in [0.25, 0.3) is 0 Å². The molecule has 0 bridgehead atoms. The van der Waals surface area contributed by atoms with E-state index in [0.29, 0.717) is 0 Å². The number of β-amino-alcohol motifs (C(OH)–C–C–N with tert-alkyl or cyclic N) is 1. The third-order valence-corrected chi connectivity index (χ3v) is 3.64. The first-order valence-electron chi connectivity index (χ1n) is 6.73. The highest BCUT2D eigenvalue weighted by molar-refractivity contribution is 5.91. The molecule has 0 radical (unpaired) electrons. The van der Waals surface area contributed by atoms with Crippen molar-refractivity contribution in [1.82, 2.24) is 4.90 Å². The first kappa shape index (κ1) is 14.4. The van der Waals surface area contributed by atoms with Crippen molar-refractivity contribution in [2.24, 2.45) is 0 Å². The van der Waals surface area contributed by atoms with Crippen LogP contribution in [0.5, 0.6) is 0 Å². The van der Waals surface area contributed by atoms with Crippen LogP contribution in [0.2, 0.25) is 0 Å². The number of para-hydroxylation sites is 1. The molecule has 0 spiro atoms. The van der Waals surface area contributed by atoms with Gasteiger partial charge in [0.15, 0.2) is 0 Å². The standard InChI is InChI=1S/C15H19N3O2/c1-3-12-6-4-5-11(2)13(12)17-14(19)18-9-15(20,10-18)7-8-16/h4-6,20H,3,7,9-10H2,1-2H3,(H,17,19). The Morgan fingerprint density at radius 2 is 2.25 bits per heavy atom. The Morgan fingerprint density at radius 1 is 1.55 bits per heavy atom. The number of aliphatic hydroxyl groups is 1. The van der Waals surface area contributed by atoms with E-state index in [2.05, 4.69) is 5.32 Å². The highest BCUT2D eigenvalue weighted by Gasteiger charge is 2.43. The molecule has 2 rings (SSSR count). The molecule has 1 saturated heterocycles. The number of hydrogen-bond donors (Lipinski definition) is 2. The number of nitrogens with one attached hydrogen (secondary N) is 1. The minimum absolute atomic E-state index is 0.0569. The molecule has 5 heteroatoms. The van der Waals surface area contributed by atoms with Gasteiger partial charge < -0.3 is 15.3 Å². The van der Waals surface area contributed by atoms with Crippen molar-refractivity contribution < 1.29 is 9.90 Å². The zero-order valence-electron chi connectivity index (χ0n) is 11.8. The normalized spacial score (nSPS) is 16.2. The van der Waals surface area contributed by atoms with Gasteiger partial charge in [0.1, 0.15) is 5.60 Å². The second-order valence-electron chi connectivity index (χ2n) is 5.31. The number of rotatable bonds is 3. The molecule has 0 aromatic heterocycles. The number of hydrogen-bond acceptors (Lipinski definition) is 3. The summed E-state index contributed by atoms with van der Waals surface area (Å²) >= 11 is 0. The number of anilines is 1. The van der Waals surface area contributed by atoms with Gasteiger partial charge >= 0.3 is 6.03 Å². The molecule has 0 unspecified atom stereocenters. The molecule has 0 aliphatic carbocycles. The first-order valence-corrected chi connectivity index (χ1v) is 6.73. The van der Waals surface area contributed by atoms with E-state index in [1.54, 1.807) is 0 Å². The van der Waals surface area contributed by atoms with Crippen molar-refractivity contribution in [1.29, 1.82) is 5.26 Å². The lowest BCUT2D eigenvalue weighted by atomic mass is 9.91. The van der Waals surface area contributed by atoms with E-state index in [1.807, 2.05) is 38.1 Å². The number of carbonyl (C=O) groups is 1. The van der Waals surface area contributed by atoms with Gasteiger partial charge in [-0.2, -0.15) is 5.26 Å². The van der Waals surface area contributed by atoms with E-state index >= 15 is 0 Å². The van der Waals surface area contributed by atoms with Crippen LogP contribution in [0, 0.1) is 18.3 Å². The molecule has 0 saturated carbocycles. The third kappa shape index (κ3) is 2.75. The lowest BCUT2D eigenvalue weighted by Gasteiger charge is -2.45. The number of nitriles is 1. The van der Waals surface area contributed by atoms with E-state index in [4.69, 9.17) is 5.26 Å². The van der Waals surface area contributed by atoms with Crippen LogP contribution in [0.4, 0.5) is 10.5 Å². The van der Waals surface area contributed by atoms with Crippen molar-refractivity contribution in [3.63, 3.8) is 0 Å². The quantitative estimate of drug-likeness (QED) is 0.885. The molecule has 2 N–H and O–H groups in total. The SMILES string of the molecule is CCc1cccc(C)c1NC(=O)N1CC(O)(CC#N)C1. The Labute approximate surface area is 118 Å². The zero-order valence-corrected chi connectivity index (χ0v) is 11.8. The van der Waals surface area contributed by atoms with Crippen LogP contribution in [-0.4, -0.2) is 34.7 Å². The number of likely N-dealkylation sites (tertiary alicyclic amines) is 1. The van der Waals surface area contributed by atoms with Gasteiger partial charge in [-0.25, -0.2) is 4.79 Å². The summed E-state index contributed by atoms with van der Waals surface area (Å²) in [6.45, 7) is 4.41. The Hall–Kier alpha value is -2.06. The third-order valence-electron chi connectivity index (χ3n) is 3.64. The summed E-state index contributed by atoms with van der Waals surface area (Å²) in [5, 5.41) is 21.4. The Morgan fingerprint density at radius 3 is 2.85 bits per heavy atom. The van der Waals surface area contributed by atoms with E-state index < -0.39 is 5.60 Å². The lowest BCUT2D eigenvalue weighted by Crippen LogP contribution is -2.64. The van der Waals surface area contributed by atoms with Crippen molar-refractivity contribution in [3.05, 3.63) is 29.3 Å². The maximum Gasteiger partial charge on any atom is 0.322 e. The maximum absolute atomic E-state index is 12.1. The maximum atomic E-state index is 12.1. The summed E-state index contributed by atoms with van der Waals surface area (Å²) in [7, 11) is 0. The molecule has 20 heavy (non-hydrogen) atoms. The monoisotopic (exact) mass is 273 g/mol. The van der Waals surface area contributed by atoms with Gasteiger partial charge in [0.2, 0.25) is 0 Å². The van der Waals surface area contributed by atoms with Gasteiger partial charge in [-0.3, -0.25) is 0 Å². The molecule has 1 fully saturated rings. The second-order valence-corrected chi connectivity index (χ2v) is 5.31. The molecule has 1 aromatic carbocycles. The van der Waals surface area contributed by atoms with Gasteiger partial charge in [-0.15, -0.1) is 0 Å². The number of carbonyl (C=O) groups excluding carboxylic acids is 1.